The second-order valence-corrected chi connectivity index (χ2v) is 10.9. The average Bonchev–Trinajstić information content (AvgIpc) is 3.48. The highest BCUT2D eigenvalue weighted by atomic mass is 32.1. The third-order valence-electron chi connectivity index (χ3n) is 7.11. The molecule has 3 heterocycles. The molecule has 0 spiro atoms. The van der Waals surface area contributed by atoms with Gasteiger partial charge in [-0.1, -0.05) is 18.2 Å². The van der Waals surface area contributed by atoms with Crippen LogP contribution in [0.4, 0.5) is 11.8 Å². The quantitative estimate of drug-likeness (QED) is 0.355. The van der Waals surface area contributed by atoms with Gasteiger partial charge in [0.25, 0.3) is 5.91 Å². The highest BCUT2D eigenvalue weighted by Crippen LogP contribution is 2.27. The molecule has 1 aliphatic rings. The SMILES string of the molecule is Cc1cc(C(=O)N[C@H]2CC[C@@H](Nc3nc(N(C)C)c4ccccc4n3)CC2)c(C)n1Cc1cccs1. The van der Waals surface area contributed by atoms with Crippen molar-refractivity contribution in [2.24, 2.45) is 0 Å². The molecule has 4 aromatic rings. The Bertz CT molecular complexity index is 1350. The number of hydrogen-bond donors (Lipinski definition) is 2. The Hall–Kier alpha value is -3.39. The molecule has 0 bridgehead atoms. The van der Waals surface area contributed by atoms with Crippen LogP contribution in [0.1, 0.15) is 52.3 Å². The summed E-state index contributed by atoms with van der Waals surface area (Å²) in [6.07, 6.45) is 3.81. The largest absolute Gasteiger partial charge is 0.362 e. The summed E-state index contributed by atoms with van der Waals surface area (Å²) in [6, 6.07) is 14.8. The lowest BCUT2D eigenvalue weighted by atomic mass is 9.91. The summed E-state index contributed by atoms with van der Waals surface area (Å²) in [5.41, 5.74) is 3.87. The van der Waals surface area contributed by atoms with Crippen LogP contribution >= 0.6 is 11.3 Å². The fraction of sp³-hybridized carbons (Fsp3) is 0.393. The van der Waals surface area contributed by atoms with Crippen molar-refractivity contribution in [1.82, 2.24) is 19.9 Å². The van der Waals surface area contributed by atoms with Crippen LogP contribution in [-0.4, -0.2) is 46.6 Å². The minimum atomic E-state index is 0.0328. The first-order chi connectivity index (χ1) is 17.4. The number of nitrogens with one attached hydrogen (secondary N) is 2. The molecule has 7 nitrogen and oxygen atoms in total. The molecule has 1 aromatic carbocycles. The monoisotopic (exact) mass is 502 g/mol. The predicted octanol–water partition coefficient (Wildman–Crippen LogP) is 5.38. The first-order valence-electron chi connectivity index (χ1n) is 12.6. The number of benzene rings is 1. The Kier molecular flexibility index (Phi) is 6.96. The number of anilines is 2. The molecular formula is C28H34N6OS. The molecule has 1 fully saturated rings. The second kappa shape index (κ2) is 10.3. The fourth-order valence-corrected chi connectivity index (χ4v) is 5.82. The first kappa shape index (κ1) is 24.3. The van der Waals surface area contributed by atoms with Crippen LogP contribution in [0.25, 0.3) is 10.9 Å². The molecule has 1 amide bonds. The summed E-state index contributed by atoms with van der Waals surface area (Å²) in [5.74, 6) is 1.62. The molecule has 36 heavy (non-hydrogen) atoms. The highest BCUT2D eigenvalue weighted by Gasteiger charge is 2.25. The van der Waals surface area contributed by atoms with E-state index in [0.29, 0.717) is 12.0 Å². The number of aromatic nitrogens is 3. The Morgan fingerprint density at radius 2 is 1.81 bits per heavy atom. The van der Waals surface area contributed by atoms with Crippen LogP contribution in [-0.2, 0) is 6.54 Å². The number of aryl methyl sites for hydroxylation is 1. The van der Waals surface area contributed by atoms with Crippen molar-refractivity contribution in [2.45, 2.75) is 58.2 Å². The van der Waals surface area contributed by atoms with Crippen LogP contribution in [0.5, 0.6) is 0 Å². The minimum absolute atomic E-state index is 0.0328. The summed E-state index contributed by atoms with van der Waals surface area (Å²) >= 11 is 1.75. The Labute approximate surface area is 216 Å². The molecule has 2 N–H and O–H groups in total. The number of para-hydroxylation sites is 1. The van der Waals surface area contributed by atoms with Gasteiger partial charge in [0.15, 0.2) is 0 Å². The number of rotatable bonds is 7. The van der Waals surface area contributed by atoms with Gasteiger partial charge < -0.3 is 20.1 Å². The van der Waals surface area contributed by atoms with Crippen molar-refractivity contribution >= 4 is 39.9 Å². The smallest absolute Gasteiger partial charge is 0.253 e. The first-order valence-corrected chi connectivity index (χ1v) is 13.5. The summed E-state index contributed by atoms with van der Waals surface area (Å²) in [4.78, 5) is 26.0. The Balaban J connectivity index is 1.20. The number of carbonyl (C=O) groups is 1. The van der Waals surface area contributed by atoms with Gasteiger partial charge in [-0.3, -0.25) is 4.79 Å². The lowest BCUT2D eigenvalue weighted by Crippen LogP contribution is -2.40. The molecular weight excluding hydrogens is 468 g/mol. The molecule has 0 aliphatic heterocycles. The van der Waals surface area contributed by atoms with Gasteiger partial charge in [-0.05, 0) is 69.2 Å². The van der Waals surface area contributed by atoms with E-state index in [9.17, 15) is 4.79 Å². The van der Waals surface area contributed by atoms with E-state index in [1.807, 2.05) is 50.2 Å². The molecule has 8 heteroatoms. The van der Waals surface area contributed by atoms with Crippen molar-refractivity contribution in [3.05, 3.63) is 69.7 Å². The average molecular weight is 503 g/mol. The standard InChI is InChI=1S/C28H34N6OS/c1-18-16-24(19(2)34(18)17-22-8-7-15-36-22)27(35)29-20-11-13-21(14-12-20)30-28-31-25-10-6-5-9-23(25)26(32-28)33(3)4/h5-10,15-16,20-21H,11-14,17H2,1-4H3,(H,29,35)(H,30,31,32)/t20-,21+. The maximum absolute atomic E-state index is 13.1. The maximum Gasteiger partial charge on any atom is 0.253 e. The van der Waals surface area contributed by atoms with Crippen LogP contribution in [0.3, 0.4) is 0 Å². The summed E-state index contributed by atoms with van der Waals surface area (Å²) < 4.78 is 2.23. The molecule has 0 saturated heterocycles. The Morgan fingerprint density at radius 3 is 2.53 bits per heavy atom. The molecule has 1 saturated carbocycles. The zero-order valence-corrected chi connectivity index (χ0v) is 22.2. The number of nitrogens with zero attached hydrogens (tertiary/aromatic N) is 4. The van der Waals surface area contributed by atoms with Gasteiger partial charge in [0.2, 0.25) is 5.95 Å². The fourth-order valence-electron chi connectivity index (χ4n) is 5.13. The maximum atomic E-state index is 13.1. The van der Waals surface area contributed by atoms with E-state index in [0.717, 1.165) is 65.9 Å². The third-order valence-corrected chi connectivity index (χ3v) is 7.98. The van der Waals surface area contributed by atoms with Crippen LogP contribution in [0.15, 0.2) is 47.8 Å². The number of thiophene rings is 1. The van der Waals surface area contributed by atoms with Gasteiger partial charge in [-0.2, -0.15) is 4.98 Å². The van der Waals surface area contributed by atoms with Gasteiger partial charge in [0.05, 0.1) is 17.6 Å². The Morgan fingerprint density at radius 1 is 1.06 bits per heavy atom. The number of hydrogen-bond acceptors (Lipinski definition) is 6. The van der Waals surface area contributed by atoms with Crippen molar-refractivity contribution < 1.29 is 4.79 Å². The van der Waals surface area contributed by atoms with E-state index in [1.165, 1.54) is 4.88 Å². The van der Waals surface area contributed by atoms with Crippen LogP contribution in [0, 0.1) is 13.8 Å². The lowest BCUT2D eigenvalue weighted by Gasteiger charge is -2.30. The molecule has 1 aliphatic carbocycles. The molecule has 0 atom stereocenters. The number of amides is 1. The lowest BCUT2D eigenvalue weighted by molar-refractivity contribution is 0.0926. The van der Waals surface area contributed by atoms with Gasteiger partial charge in [-0.15, -0.1) is 11.3 Å². The van der Waals surface area contributed by atoms with Crippen molar-refractivity contribution in [3.8, 4) is 0 Å². The zero-order valence-electron chi connectivity index (χ0n) is 21.4. The third kappa shape index (κ3) is 5.09. The number of fused-ring (bicyclic) bond motifs is 1. The molecule has 0 unspecified atom stereocenters. The predicted molar refractivity (Wildman–Crippen MR) is 148 cm³/mol. The topological polar surface area (TPSA) is 75.1 Å². The summed E-state index contributed by atoms with van der Waals surface area (Å²) in [7, 11) is 4.01. The van der Waals surface area contributed by atoms with Crippen molar-refractivity contribution in [2.75, 3.05) is 24.3 Å². The normalized spacial score (nSPS) is 17.8. The minimum Gasteiger partial charge on any atom is -0.362 e. The molecule has 188 valence electrons. The summed E-state index contributed by atoms with van der Waals surface area (Å²) in [5, 5.41) is 9.99. The number of carbonyl (C=O) groups excluding carboxylic acids is 1. The van der Waals surface area contributed by atoms with Crippen molar-refractivity contribution in [1.29, 1.82) is 0 Å². The van der Waals surface area contributed by atoms with Gasteiger partial charge in [-0.25, -0.2) is 4.98 Å². The van der Waals surface area contributed by atoms with E-state index in [1.54, 1.807) is 11.3 Å². The molecule has 5 rings (SSSR count). The van der Waals surface area contributed by atoms with E-state index in [-0.39, 0.29) is 11.9 Å². The van der Waals surface area contributed by atoms with E-state index >= 15 is 0 Å². The van der Waals surface area contributed by atoms with E-state index in [2.05, 4.69) is 45.7 Å². The second-order valence-electron chi connectivity index (χ2n) is 9.90. The summed E-state index contributed by atoms with van der Waals surface area (Å²) in [6.45, 7) is 4.93. The van der Waals surface area contributed by atoms with Gasteiger partial charge in [0, 0.05) is 47.8 Å². The van der Waals surface area contributed by atoms with Gasteiger partial charge >= 0.3 is 0 Å². The van der Waals surface area contributed by atoms with Crippen LogP contribution in [0.2, 0.25) is 0 Å². The van der Waals surface area contributed by atoms with Gasteiger partial charge in [0.1, 0.15) is 5.82 Å². The van der Waals surface area contributed by atoms with E-state index < -0.39 is 0 Å². The van der Waals surface area contributed by atoms with Crippen molar-refractivity contribution in [3.63, 3.8) is 0 Å². The van der Waals surface area contributed by atoms with Crippen LogP contribution < -0.4 is 15.5 Å². The zero-order chi connectivity index (χ0) is 25.2. The van der Waals surface area contributed by atoms with E-state index in [4.69, 9.17) is 9.97 Å². The molecule has 0 radical (unpaired) electrons. The molecule has 3 aromatic heterocycles. The highest BCUT2D eigenvalue weighted by molar-refractivity contribution is 7.09.